The standard InChI is InChI=1S/C14H21N3O2S/c1-4-5-15-13-16-8-10(20-13)9-17-11(18)6-14(2,3)7-12(17)19/h8H,4-7,9H2,1-3H3,(H,15,16). The van der Waals surface area contributed by atoms with Gasteiger partial charge < -0.3 is 5.32 Å². The van der Waals surface area contributed by atoms with E-state index in [9.17, 15) is 9.59 Å². The molecule has 1 fully saturated rings. The molecule has 1 saturated heterocycles. The van der Waals surface area contributed by atoms with Crippen molar-refractivity contribution >= 4 is 28.3 Å². The summed E-state index contributed by atoms with van der Waals surface area (Å²) in [5.41, 5.74) is -0.216. The van der Waals surface area contributed by atoms with E-state index in [1.807, 2.05) is 13.8 Å². The highest BCUT2D eigenvalue weighted by atomic mass is 32.1. The number of piperidine rings is 1. The molecular formula is C14H21N3O2S. The van der Waals surface area contributed by atoms with Gasteiger partial charge in [0.25, 0.3) is 0 Å². The average Bonchev–Trinajstić information content (AvgIpc) is 2.78. The van der Waals surface area contributed by atoms with E-state index in [2.05, 4.69) is 17.2 Å². The first-order valence-electron chi connectivity index (χ1n) is 6.93. The molecule has 0 radical (unpaired) electrons. The zero-order valence-electron chi connectivity index (χ0n) is 12.2. The summed E-state index contributed by atoms with van der Waals surface area (Å²) in [6.45, 7) is 7.23. The van der Waals surface area contributed by atoms with Gasteiger partial charge in [-0.3, -0.25) is 14.5 Å². The van der Waals surface area contributed by atoms with Gasteiger partial charge in [-0.1, -0.05) is 20.8 Å². The van der Waals surface area contributed by atoms with Crippen molar-refractivity contribution in [3.63, 3.8) is 0 Å². The number of rotatable bonds is 5. The molecule has 0 saturated carbocycles. The zero-order valence-corrected chi connectivity index (χ0v) is 13.0. The monoisotopic (exact) mass is 295 g/mol. The number of amides is 2. The number of nitrogens with one attached hydrogen (secondary N) is 1. The van der Waals surface area contributed by atoms with Crippen LogP contribution in [0.3, 0.4) is 0 Å². The Morgan fingerprint density at radius 2 is 2.00 bits per heavy atom. The number of hydrogen-bond donors (Lipinski definition) is 1. The Kier molecular flexibility index (Phi) is 4.42. The highest BCUT2D eigenvalue weighted by molar-refractivity contribution is 7.15. The topological polar surface area (TPSA) is 62.3 Å². The minimum absolute atomic E-state index is 0.0808. The molecule has 0 unspecified atom stereocenters. The van der Waals surface area contributed by atoms with E-state index in [4.69, 9.17) is 0 Å². The number of carbonyl (C=O) groups excluding carboxylic acids is 2. The zero-order chi connectivity index (χ0) is 14.8. The molecule has 0 spiro atoms. The van der Waals surface area contributed by atoms with Gasteiger partial charge >= 0.3 is 0 Å². The third kappa shape index (κ3) is 3.56. The lowest BCUT2D eigenvalue weighted by atomic mass is 9.82. The van der Waals surface area contributed by atoms with Gasteiger partial charge in [0, 0.05) is 30.5 Å². The van der Waals surface area contributed by atoms with E-state index in [0.29, 0.717) is 19.4 Å². The highest BCUT2D eigenvalue weighted by Gasteiger charge is 2.37. The van der Waals surface area contributed by atoms with E-state index < -0.39 is 0 Å². The van der Waals surface area contributed by atoms with Crippen LogP contribution in [0.2, 0.25) is 0 Å². The van der Waals surface area contributed by atoms with Crippen LogP contribution in [-0.4, -0.2) is 28.2 Å². The van der Waals surface area contributed by atoms with Gasteiger partial charge in [-0.2, -0.15) is 0 Å². The molecule has 5 nitrogen and oxygen atoms in total. The lowest BCUT2D eigenvalue weighted by molar-refractivity contribution is -0.153. The van der Waals surface area contributed by atoms with Crippen molar-refractivity contribution in [2.75, 3.05) is 11.9 Å². The predicted molar refractivity (Wildman–Crippen MR) is 79.5 cm³/mol. The SMILES string of the molecule is CCCNc1ncc(CN2C(=O)CC(C)(C)CC2=O)s1. The van der Waals surface area contributed by atoms with Crippen LogP contribution in [0.1, 0.15) is 44.9 Å². The molecule has 1 aliphatic rings. The minimum atomic E-state index is -0.216. The Hall–Kier alpha value is -1.43. The van der Waals surface area contributed by atoms with Crippen LogP contribution in [-0.2, 0) is 16.1 Å². The number of likely N-dealkylation sites (tertiary alicyclic amines) is 1. The van der Waals surface area contributed by atoms with E-state index in [-0.39, 0.29) is 17.2 Å². The summed E-state index contributed by atoms with van der Waals surface area (Å²) in [4.78, 5) is 30.7. The first kappa shape index (κ1) is 15.0. The van der Waals surface area contributed by atoms with Gasteiger partial charge in [0.1, 0.15) is 0 Å². The lowest BCUT2D eigenvalue weighted by Crippen LogP contribution is -2.45. The second kappa shape index (κ2) is 5.91. The fraction of sp³-hybridized carbons (Fsp3) is 0.643. The van der Waals surface area contributed by atoms with Crippen LogP contribution in [0, 0.1) is 5.41 Å². The Bertz CT molecular complexity index is 490. The number of thiazole rings is 1. The third-order valence-electron chi connectivity index (χ3n) is 3.26. The minimum Gasteiger partial charge on any atom is -0.362 e. The third-order valence-corrected chi connectivity index (χ3v) is 4.20. The summed E-state index contributed by atoms with van der Waals surface area (Å²) in [6, 6.07) is 0. The summed E-state index contributed by atoms with van der Waals surface area (Å²) >= 11 is 1.50. The first-order chi connectivity index (χ1) is 9.41. The van der Waals surface area contributed by atoms with Gasteiger partial charge in [0.05, 0.1) is 6.54 Å². The summed E-state index contributed by atoms with van der Waals surface area (Å²) in [5.74, 6) is -0.162. The van der Waals surface area contributed by atoms with Crippen molar-refractivity contribution in [2.45, 2.75) is 46.6 Å². The van der Waals surface area contributed by atoms with Gasteiger partial charge in [0.2, 0.25) is 11.8 Å². The van der Waals surface area contributed by atoms with Crippen molar-refractivity contribution in [3.8, 4) is 0 Å². The molecule has 0 aliphatic carbocycles. The Morgan fingerprint density at radius 1 is 1.35 bits per heavy atom. The lowest BCUT2D eigenvalue weighted by Gasteiger charge is -2.34. The Balaban J connectivity index is 2.00. The number of anilines is 1. The van der Waals surface area contributed by atoms with Crippen molar-refractivity contribution in [1.29, 1.82) is 0 Å². The molecule has 110 valence electrons. The van der Waals surface area contributed by atoms with Crippen LogP contribution in [0.15, 0.2) is 6.20 Å². The van der Waals surface area contributed by atoms with Crippen molar-refractivity contribution in [1.82, 2.24) is 9.88 Å². The van der Waals surface area contributed by atoms with Crippen LogP contribution >= 0.6 is 11.3 Å². The molecule has 0 atom stereocenters. The number of nitrogens with zero attached hydrogens (tertiary/aromatic N) is 2. The Labute approximate surface area is 123 Å². The second-order valence-corrected chi connectivity index (χ2v) is 7.07. The molecule has 2 rings (SSSR count). The van der Waals surface area contributed by atoms with Crippen LogP contribution in [0.25, 0.3) is 0 Å². The largest absolute Gasteiger partial charge is 0.362 e. The molecule has 1 N–H and O–H groups in total. The molecule has 20 heavy (non-hydrogen) atoms. The van der Waals surface area contributed by atoms with E-state index in [1.165, 1.54) is 16.2 Å². The van der Waals surface area contributed by atoms with E-state index in [0.717, 1.165) is 23.0 Å². The normalized spacial score (nSPS) is 18.4. The molecule has 1 aromatic heterocycles. The maximum absolute atomic E-state index is 12.1. The Morgan fingerprint density at radius 3 is 2.60 bits per heavy atom. The fourth-order valence-electron chi connectivity index (χ4n) is 2.24. The smallest absolute Gasteiger partial charge is 0.230 e. The van der Waals surface area contributed by atoms with Gasteiger partial charge in [-0.05, 0) is 11.8 Å². The number of carbonyl (C=O) groups is 2. The quantitative estimate of drug-likeness (QED) is 0.848. The van der Waals surface area contributed by atoms with Gasteiger partial charge in [-0.25, -0.2) is 4.98 Å². The molecule has 1 aliphatic heterocycles. The summed E-state index contributed by atoms with van der Waals surface area (Å²) in [6.07, 6.45) is 3.63. The fourth-order valence-corrected chi connectivity index (χ4v) is 3.06. The molecule has 2 amide bonds. The van der Waals surface area contributed by atoms with E-state index >= 15 is 0 Å². The van der Waals surface area contributed by atoms with Crippen LogP contribution < -0.4 is 5.32 Å². The average molecular weight is 295 g/mol. The van der Waals surface area contributed by atoms with Crippen LogP contribution in [0.4, 0.5) is 5.13 Å². The summed E-state index contributed by atoms with van der Waals surface area (Å²) in [5, 5.41) is 4.05. The molecular weight excluding hydrogens is 274 g/mol. The first-order valence-corrected chi connectivity index (χ1v) is 7.75. The molecule has 1 aromatic rings. The van der Waals surface area contributed by atoms with Gasteiger partial charge in [-0.15, -0.1) is 11.3 Å². The van der Waals surface area contributed by atoms with E-state index in [1.54, 1.807) is 6.20 Å². The predicted octanol–water partition coefficient (Wildman–Crippen LogP) is 2.64. The number of hydrogen-bond acceptors (Lipinski definition) is 5. The maximum Gasteiger partial charge on any atom is 0.230 e. The molecule has 2 heterocycles. The molecule has 0 aromatic carbocycles. The van der Waals surface area contributed by atoms with Crippen molar-refractivity contribution in [2.24, 2.45) is 5.41 Å². The summed E-state index contributed by atoms with van der Waals surface area (Å²) < 4.78 is 0. The van der Waals surface area contributed by atoms with Crippen molar-refractivity contribution in [3.05, 3.63) is 11.1 Å². The van der Waals surface area contributed by atoms with Gasteiger partial charge in [0.15, 0.2) is 5.13 Å². The maximum atomic E-state index is 12.1. The summed E-state index contributed by atoms with van der Waals surface area (Å²) in [7, 11) is 0. The molecule has 0 bridgehead atoms. The number of aromatic nitrogens is 1. The highest BCUT2D eigenvalue weighted by Crippen LogP contribution is 2.32. The van der Waals surface area contributed by atoms with Crippen LogP contribution in [0.5, 0.6) is 0 Å². The number of imide groups is 1. The molecule has 6 heteroatoms. The second-order valence-electron chi connectivity index (χ2n) is 5.95. The van der Waals surface area contributed by atoms with Crippen molar-refractivity contribution < 1.29 is 9.59 Å².